The van der Waals surface area contributed by atoms with Crippen molar-refractivity contribution in [1.29, 1.82) is 0 Å². The summed E-state index contributed by atoms with van der Waals surface area (Å²) >= 11 is 1.45. The lowest BCUT2D eigenvalue weighted by atomic mass is 9.94. The number of amides is 2. The van der Waals surface area contributed by atoms with E-state index in [-0.39, 0.29) is 22.9 Å². The highest BCUT2D eigenvalue weighted by Gasteiger charge is 2.22. The van der Waals surface area contributed by atoms with Crippen molar-refractivity contribution in [1.82, 2.24) is 10.6 Å². The molecule has 3 aromatic rings. The summed E-state index contributed by atoms with van der Waals surface area (Å²) in [7, 11) is 0. The van der Waals surface area contributed by atoms with Crippen LogP contribution in [-0.2, 0) is 6.42 Å². The summed E-state index contributed by atoms with van der Waals surface area (Å²) < 4.78 is 0. The first-order valence-corrected chi connectivity index (χ1v) is 12.9. The Kier molecular flexibility index (Phi) is 8.29. The Morgan fingerprint density at radius 3 is 2.11 bits per heavy atom. The second-order valence-corrected chi connectivity index (χ2v) is 12.0. The Morgan fingerprint density at radius 2 is 1.43 bits per heavy atom. The zero-order valence-corrected chi connectivity index (χ0v) is 22.3. The van der Waals surface area contributed by atoms with Crippen molar-refractivity contribution >= 4 is 34.3 Å². The molecule has 0 aromatic heterocycles. The maximum Gasteiger partial charge on any atom is 0.252 e. The fourth-order valence-corrected chi connectivity index (χ4v) is 4.83. The molecule has 0 unspecified atom stereocenters. The summed E-state index contributed by atoms with van der Waals surface area (Å²) in [6.45, 7) is 11.7. The molecule has 2 amide bonds. The van der Waals surface area contributed by atoms with Gasteiger partial charge in [0.15, 0.2) is 0 Å². The van der Waals surface area contributed by atoms with Crippen LogP contribution in [0.3, 0.4) is 0 Å². The minimum Gasteiger partial charge on any atom is -0.392 e. The topological polar surface area (TPSA) is 78.4 Å². The van der Waals surface area contributed by atoms with Crippen LogP contribution < -0.4 is 10.6 Å². The van der Waals surface area contributed by atoms with Crippen LogP contribution >= 0.6 is 11.8 Å². The largest absolute Gasteiger partial charge is 0.392 e. The molecule has 0 spiro atoms. The van der Waals surface area contributed by atoms with Gasteiger partial charge in [-0.05, 0) is 76.4 Å². The molecule has 3 aromatic carbocycles. The fourth-order valence-electron chi connectivity index (χ4n) is 3.84. The molecular formula is C29H36N2O3S. The van der Waals surface area contributed by atoms with E-state index >= 15 is 0 Å². The second-order valence-electron chi connectivity index (χ2n) is 10.9. The Bertz CT molecular complexity index is 1210. The van der Waals surface area contributed by atoms with E-state index in [0.717, 1.165) is 21.2 Å². The first kappa shape index (κ1) is 26.8. The summed E-state index contributed by atoms with van der Waals surface area (Å²) in [4.78, 5) is 26.8. The molecule has 0 heterocycles. The van der Waals surface area contributed by atoms with Crippen molar-refractivity contribution in [2.24, 2.45) is 0 Å². The van der Waals surface area contributed by atoms with Crippen molar-refractivity contribution in [3.63, 3.8) is 0 Å². The van der Waals surface area contributed by atoms with Crippen molar-refractivity contribution in [2.75, 3.05) is 5.75 Å². The van der Waals surface area contributed by atoms with Crippen LogP contribution in [0, 0.1) is 0 Å². The first-order chi connectivity index (χ1) is 16.3. The average molecular weight is 493 g/mol. The number of aliphatic hydroxyl groups is 1. The highest BCUT2D eigenvalue weighted by Crippen LogP contribution is 2.27. The number of aliphatic hydroxyl groups excluding tert-OH is 1. The van der Waals surface area contributed by atoms with E-state index in [0.29, 0.717) is 23.3 Å². The number of rotatable bonds is 7. The van der Waals surface area contributed by atoms with E-state index in [1.54, 1.807) is 6.07 Å². The highest BCUT2D eigenvalue weighted by molar-refractivity contribution is 7.99. The van der Waals surface area contributed by atoms with Gasteiger partial charge in [-0.2, -0.15) is 0 Å². The quantitative estimate of drug-likeness (QED) is 0.376. The number of hydrogen-bond acceptors (Lipinski definition) is 4. The maximum absolute atomic E-state index is 13.2. The Hall–Kier alpha value is -2.83. The number of carbonyl (C=O) groups excluding carboxylic acids is 2. The lowest BCUT2D eigenvalue weighted by Gasteiger charge is -2.23. The van der Waals surface area contributed by atoms with Crippen molar-refractivity contribution in [2.45, 2.75) is 70.0 Å². The van der Waals surface area contributed by atoms with Gasteiger partial charge < -0.3 is 15.7 Å². The number of thioether (sulfide) groups is 1. The van der Waals surface area contributed by atoms with Crippen molar-refractivity contribution < 1.29 is 14.7 Å². The van der Waals surface area contributed by atoms with Gasteiger partial charge in [0.25, 0.3) is 11.8 Å². The van der Waals surface area contributed by atoms with Crippen LogP contribution in [0.1, 0.15) is 67.8 Å². The third-order valence-electron chi connectivity index (χ3n) is 5.24. The summed E-state index contributed by atoms with van der Waals surface area (Å²) in [6, 6.07) is 19.1. The second kappa shape index (κ2) is 10.8. The molecule has 6 heteroatoms. The Balaban J connectivity index is 1.80. The molecule has 35 heavy (non-hydrogen) atoms. The number of carbonyl (C=O) groups is 2. The number of nitrogens with one attached hydrogen (secondary N) is 2. The summed E-state index contributed by atoms with van der Waals surface area (Å²) in [5.41, 5.74) is 1.28. The average Bonchev–Trinajstić information content (AvgIpc) is 2.75. The first-order valence-electron chi connectivity index (χ1n) is 11.9. The molecule has 5 nitrogen and oxygen atoms in total. The van der Waals surface area contributed by atoms with Gasteiger partial charge in [-0.1, -0.05) is 48.5 Å². The van der Waals surface area contributed by atoms with Crippen LogP contribution in [0.15, 0.2) is 65.6 Å². The summed E-state index contributed by atoms with van der Waals surface area (Å²) in [5, 5.41) is 18.9. The molecule has 1 atom stereocenters. The molecule has 0 fully saturated rings. The van der Waals surface area contributed by atoms with Gasteiger partial charge in [0.05, 0.1) is 17.2 Å². The molecule has 0 radical (unpaired) electrons. The van der Waals surface area contributed by atoms with E-state index in [4.69, 9.17) is 0 Å². The predicted molar refractivity (Wildman–Crippen MR) is 145 cm³/mol. The summed E-state index contributed by atoms with van der Waals surface area (Å²) in [5.74, 6) is 0.117. The van der Waals surface area contributed by atoms with Gasteiger partial charge in [-0.3, -0.25) is 9.59 Å². The fraction of sp³-hybridized carbons (Fsp3) is 0.379. The molecule has 3 N–H and O–H groups in total. The minimum absolute atomic E-state index is 0.134. The van der Waals surface area contributed by atoms with E-state index in [2.05, 4.69) is 10.6 Å². The van der Waals surface area contributed by atoms with Crippen molar-refractivity contribution in [3.05, 3.63) is 77.4 Å². The third kappa shape index (κ3) is 7.58. The molecule has 0 bridgehead atoms. The summed E-state index contributed by atoms with van der Waals surface area (Å²) in [6.07, 6.45) is -0.359. The molecule has 186 valence electrons. The van der Waals surface area contributed by atoms with Crippen molar-refractivity contribution in [3.8, 4) is 0 Å². The lowest BCUT2D eigenvalue weighted by molar-refractivity contribution is 0.0908. The number of hydrogen-bond donors (Lipinski definition) is 3. The Labute approximate surface area is 212 Å². The Morgan fingerprint density at radius 1 is 0.829 bits per heavy atom. The third-order valence-corrected chi connectivity index (χ3v) is 6.46. The van der Waals surface area contributed by atoms with Gasteiger partial charge in [0, 0.05) is 21.7 Å². The molecule has 0 aliphatic rings. The monoisotopic (exact) mass is 492 g/mol. The molecular weight excluding hydrogens is 456 g/mol. The smallest absolute Gasteiger partial charge is 0.252 e. The molecule has 0 aliphatic carbocycles. The number of fused-ring (bicyclic) bond motifs is 1. The van der Waals surface area contributed by atoms with E-state index < -0.39 is 6.10 Å². The van der Waals surface area contributed by atoms with Gasteiger partial charge in [0.2, 0.25) is 0 Å². The zero-order chi connectivity index (χ0) is 25.8. The number of benzene rings is 3. The van der Waals surface area contributed by atoms with Crippen LogP contribution in [0.5, 0.6) is 0 Å². The highest BCUT2D eigenvalue weighted by atomic mass is 32.2. The normalized spacial score (nSPS) is 12.9. The molecule has 0 saturated heterocycles. The van der Waals surface area contributed by atoms with E-state index in [9.17, 15) is 14.7 Å². The minimum atomic E-state index is -0.693. The van der Waals surface area contributed by atoms with Crippen LogP contribution in [0.25, 0.3) is 10.8 Å². The van der Waals surface area contributed by atoms with Gasteiger partial charge in [-0.25, -0.2) is 0 Å². The predicted octanol–water partition coefficient (Wildman–Crippen LogP) is 5.59. The van der Waals surface area contributed by atoms with Crippen LogP contribution in [0.2, 0.25) is 0 Å². The van der Waals surface area contributed by atoms with Gasteiger partial charge >= 0.3 is 0 Å². The van der Waals surface area contributed by atoms with Gasteiger partial charge in [-0.15, -0.1) is 11.8 Å². The van der Waals surface area contributed by atoms with Crippen LogP contribution in [0.4, 0.5) is 0 Å². The van der Waals surface area contributed by atoms with E-state index in [1.165, 1.54) is 11.8 Å². The maximum atomic E-state index is 13.2. The van der Waals surface area contributed by atoms with Crippen LogP contribution in [-0.4, -0.2) is 39.9 Å². The molecule has 0 saturated carbocycles. The lowest BCUT2D eigenvalue weighted by Crippen LogP contribution is -2.41. The standard InChI is InChI=1S/C29H36N2O3S/c1-28(2,3)30-26(33)23-13-9-10-14-24(23)35-18-21(32)17-20-16-15-19-11-7-8-12-22(19)25(20)27(34)31-29(4,5)6/h7-16,21,32H,17-18H2,1-6H3,(H,30,33)(H,31,34)/t21-/m1/s1. The SMILES string of the molecule is CC(C)(C)NC(=O)c1ccccc1SC[C@H](O)Cc1ccc2ccccc2c1C(=O)NC(C)(C)C. The molecule has 0 aliphatic heterocycles. The van der Waals surface area contributed by atoms with E-state index in [1.807, 2.05) is 96.1 Å². The van der Waals surface area contributed by atoms with Gasteiger partial charge in [0.1, 0.15) is 0 Å². The molecule has 3 rings (SSSR count). The zero-order valence-electron chi connectivity index (χ0n) is 21.4.